The Balaban J connectivity index is 2.19. The molecule has 1 heterocycles. The summed E-state index contributed by atoms with van der Waals surface area (Å²) >= 11 is 0. The maximum atomic E-state index is 9.77. The molecule has 0 aromatic carbocycles. The average molecular weight is 132 g/mol. The van der Waals surface area contributed by atoms with Crippen LogP contribution in [0.2, 0.25) is 0 Å². The van der Waals surface area contributed by atoms with E-state index in [9.17, 15) is 10.1 Å². The van der Waals surface area contributed by atoms with Gasteiger partial charge in [0, 0.05) is 13.1 Å². The number of hydrogen-bond acceptors (Lipinski definition) is 4. The summed E-state index contributed by atoms with van der Waals surface area (Å²) in [5, 5.41) is 14.8. The zero-order valence-electron chi connectivity index (χ0n) is 4.76. The van der Waals surface area contributed by atoms with Crippen LogP contribution < -0.4 is 16.1 Å². The first kappa shape index (κ1) is 6.24. The van der Waals surface area contributed by atoms with Crippen LogP contribution in [-0.2, 0) is 0 Å². The third-order valence-electron chi connectivity index (χ3n) is 1.06. The first-order valence-corrected chi connectivity index (χ1v) is 2.66. The van der Waals surface area contributed by atoms with Crippen molar-refractivity contribution in [3.8, 4) is 0 Å². The quantitative estimate of drug-likeness (QED) is 0.306. The van der Waals surface area contributed by atoms with Gasteiger partial charge in [-0.1, -0.05) is 0 Å². The highest BCUT2D eigenvalue weighted by Crippen LogP contribution is 1.77. The summed E-state index contributed by atoms with van der Waals surface area (Å²) in [6.45, 7) is 1.54. The summed E-state index contributed by atoms with van der Waals surface area (Å²) in [5.41, 5.74) is 2.04. The van der Waals surface area contributed by atoms with Gasteiger partial charge in [-0.3, -0.25) is 10.6 Å². The number of nitro groups is 1. The van der Waals surface area contributed by atoms with Crippen molar-refractivity contribution in [2.75, 3.05) is 13.1 Å². The van der Waals surface area contributed by atoms with E-state index >= 15 is 0 Å². The van der Waals surface area contributed by atoms with Gasteiger partial charge in [0.05, 0.1) is 0 Å². The van der Waals surface area contributed by atoms with Crippen LogP contribution in [0.25, 0.3) is 0 Å². The molecule has 0 spiro atoms. The molecule has 6 heteroatoms. The summed E-state index contributed by atoms with van der Waals surface area (Å²) in [5.74, 6) is 0. The molecule has 0 unspecified atom stereocenters. The van der Waals surface area contributed by atoms with E-state index in [1.54, 1.807) is 0 Å². The van der Waals surface area contributed by atoms with Gasteiger partial charge in [0.25, 0.3) is 0 Å². The van der Waals surface area contributed by atoms with Crippen LogP contribution in [-0.4, -0.2) is 24.4 Å². The van der Waals surface area contributed by atoms with Gasteiger partial charge in [-0.25, -0.2) is 10.1 Å². The SMILES string of the molecule is O=[N+]([O-])NC1NCCN1. The molecule has 1 aliphatic heterocycles. The van der Waals surface area contributed by atoms with E-state index < -0.39 is 5.03 Å². The van der Waals surface area contributed by atoms with E-state index in [0.29, 0.717) is 0 Å². The molecule has 1 saturated heterocycles. The van der Waals surface area contributed by atoms with Gasteiger partial charge in [-0.05, 0) is 0 Å². The van der Waals surface area contributed by atoms with Crippen LogP contribution in [0.5, 0.6) is 0 Å². The second kappa shape index (κ2) is 2.60. The van der Waals surface area contributed by atoms with Gasteiger partial charge in [-0.2, -0.15) is 0 Å². The second-order valence-corrected chi connectivity index (χ2v) is 1.73. The minimum atomic E-state index is -0.573. The van der Waals surface area contributed by atoms with Crippen molar-refractivity contribution in [3.05, 3.63) is 10.1 Å². The molecule has 0 aliphatic carbocycles. The fraction of sp³-hybridized carbons (Fsp3) is 1.00. The highest BCUT2D eigenvalue weighted by Gasteiger charge is 2.15. The van der Waals surface area contributed by atoms with Crippen molar-refractivity contribution in [2.45, 2.75) is 6.29 Å². The van der Waals surface area contributed by atoms with Crippen molar-refractivity contribution >= 4 is 0 Å². The molecule has 0 radical (unpaired) electrons. The Bertz CT molecular complexity index is 110. The third kappa shape index (κ3) is 1.82. The number of nitrogens with zero attached hydrogens (tertiary/aromatic N) is 1. The smallest absolute Gasteiger partial charge is 0.190 e. The maximum absolute atomic E-state index is 9.77. The summed E-state index contributed by atoms with van der Waals surface area (Å²) in [7, 11) is 0. The Hall–Kier alpha value is -0.880. The van der Waals surface area contributed by atoms with Crippen LogP contribution in [0.15, 0.2) is 0 Å². The first-order chi connectivity index (χ1) is 4.29. The minimum Gasteiger partial charge on any atom is -0.279 e. The Morgan fingerprint density at radius 1 is 1.56 bits per heavy atom. The maximum Gasteiger partial charge on any atom is 0.190 e. The molecule has 0 saturated carbocycles. The Kier molecular flexibility index (Phi) is 1.81. The minimum absolute atomic E-state index is 0.361. The molecule has 0 atom stereocenters. The molecule has 0 aromatic heterocycles. The largest absolute Gasteiger partial charge is 0.279 e. The van der Waals surface area contributed by atoms with Crippen molar-refractivity contribution in [1.82, 2.24) is 16.1 Å². The third-order valence-corrected chi connectivity index (χ3v) is 1.06. The lowest BCUT2D eigenvalue weighted by molar-refractivity contribution is -0.552. The van der Waals surface area contributed by atoms with Gasteiger partial charge in [-0.15, -0.1) is 5.43 Å². The Morgan fingerprint density at radius 3 is 2.56 bits per heavy atom. The average Bonchev–Trinajstić information content (AvgIpc) is 2.15. The normalized spacial score (nSPS) is 20.0. The molecular weight excluding hydrogens is 124 g/mol. The van der Waals surface area contributed by atoms with Gasteiger partial charge in [0.15, 0.2) is 11.3 Å². The van der Waals surface area contributed by atoms with E-state index in [1.807, 2.05) is 5.43 Å². The lowest BCUT2D eigenvalue weighted by atomic mass is 10.7. The van der Waals surface area contributed by atoms with E-state index in [-0.39, 0.29) is 6.29 Å². The van der Waals surface area contributed by atoms with Crippen LogP contribution in [0.3, 0.4) is 0 Å². The first-order valence-electron chi connectivity index (χ1n) is 2.66. The van der Waals surface area contributed by atoms with Crippen molar-refractivity contribution in [3.63, 3.8) is 0 Å². The topological polar surface area (TPSA) is 79.2 Å². The van der Waals surface area contributed by atoms with E-state index in [2.05, 4.69) is 10.6 Å². The number of hydrazine groups is 1. The van der Waals surface area contributed by atoms with Gasteiger partial charge < -0.3 is 0 Å². The molecule has 0 bridgehead atoms. The van der Waals surface area contributed by atoms with Crippen molar-refractivity contribution < 1.29 is 5.03 Å². The molecule has 0 aromatic rings. The summed E-state index contributed by atoms with van der Waals surface area (Å²) < 4.78 is 0. The fourth-order valence-corrected chi connectivity index (χ4v) is 0.702. The van der Waals surface area contributed by atoms with Crippen molar-refractivity contribution in [2.24, 2.45) is 0 Å². The Labute approximate surface area is 51.7 Å². The molecule has 1 rings (SSSR count). The van der Waals surface area contributed by atoms with E-state index in [0.717, 1.165) is 13.1 Å². The predicted octanol–water partition coefficient (Wildman–Crippen LogP) is -1.76. The molecule has 52 valence electrons. The van der Waals surface area contributed by atoms with E-state index in [4.69, 9.17) is 0 Å². The van der Waals surface area contributed by atoms with E-state index in [1.165, 1.54) is 0 Å². The number of hydrogen-bond donors (Lipinski definition) is 3. The molecule has 3 N–H and O–H groups in total. The molecule has 6 nitrogen and oxygen atoms in total. The van der Waals surface area contributed by atoms with Crippen LogP contribution >= 0.6 is 0 Å². The summed E-state index contributed by atoms with van der Waals surface area (Å²) in [6.07, 6.45) is -0.361. The lowest BCUT2D eigenvalue weighted by Crippen LogP contribution is -2.47. The number of rotatable bonds is 2. The Morgan fingerprint density at radius 2 is 2.11 bits per heavy atom. The summed E-state index contributed by atoms with van der Waals surface area (Å²) in [4.78, 5) is 9.77. The molecular formula is C3H8N4O2. The zero-order chi connectivity index (χ0) is 6.69. The molecule has 0 amide bonds. The van der Waals surface area contributed by atoms with Crippen LogP contribution in [0.1, 0.15) is 0 Å². The highest BCUT2D eigenvalue weighted by molar-refractivity contribution is 4.66. The van der Waals surface area contributed by atoms with Gasteiger partial charge in [0.1, 0.15) is 0 Å². The molecule has 1 fully saturated rings. The van der Waals surface area contributed by atoms with Crippen LogP contribution in [0.4, 0.5) is 0 Å². The lowest BCUT2D eigenvalue weighted by Gasteiger charge is -2.04. The highest BCUT2D eigenvalue weighted by atomic mass is 16.7. The van der Waals surface area contributed by atoms with Gasteiger partial charge in [0.2, 0.25) is 0 Å². The predicted molar refractivity (Wildman–Crippen MR) is 29.9 cm³/mol. The molecule has 1 aliphatic rings. The zero-order valence-corrected chi connectivity index (χ0v) is 4.76. The molecule has 9 heavy (non-hydrogen) atoms. The summed E-state index contributed by atoms with van der Waals surface area (Å²) in [6, 6.07) is 0. The monoisotopic (exact) mass is 132 g/mol. The second-order valence-electron chi connectivity index (χ2n) is 1.73. The number of nitrogens with one attached hydrogen (secondary N) is 3. The van der Waals surface area contributed by atoms with Gasteiger partial charge >= 0.3 is 0 Å². The van der Waals surface area contributed by atoms with Crippen molar-refractivity contribution in [1.29, 1.82) is 0 Å². The fourth-order valence-electron chi connectivity index (χ4n) is 0.702. The standard InChI is InChI=1S/C3H8N4O2/c8-7(9)6-3-4-1-2-5-3/h3-6H,1-2H2. The van der Waals surface area contributed by atoms with Crippen LogP contribution in [0, 0.1) is 10.1 Å².